The number of hydrogen-bond acceptors (Lipinski definition) is 3. The van der Waals surface area contributed by atoms with Crippen molar-refractivity contribution in [2.24, 2.45) is 5.73 Å². The molecule has 1 aromatic carbocycles. The molecule has 3 nitrogen and oxygen atoms in total. The molecule has 17 heavy (non-hydrogen) atoms. The van der Waals surface area contributed by atoms with Crippen molar-refractivity contribution in [2.45, 2.75) is 51.9 Å². The third-order valence-corrected chi connectivity index (χ3v) is 2.48. The third-order valence-electron chi connectivity index (χ3n) is 2.48. The molecular formula is C14H21NO2. The standard InChI is InChI=1S/C14H21NO2/c1-14(2,3)17-12-7-4-10(9-15)8-13(12)16-11-5-6-11/h4,7-8,11H,5-6,9,15H2,1-3H3. The summed E-state index contributed by atoms with van der Waals surface area (Å²) in [5.74, 6) is 1.63. The van der Waals surface area contributed by atoms with E-state index in [9.17, 15) is 0 Å². The van der Waals surface area contributed by atoms with E-state index in [-0.39, 0.29) is 5.60 Å². The van der Waals surface area contributed by atoms with Crippen LogP contribution in [0.5, 0.6) is 11.5 Å². The molecule has 0 radical (unpaired) electrons. The van der Waals surface area contributed by atoms with Crippen LogP contribution in [0.15, 0.2) is 18.2 Å². The molecule has 0 unspecified atom stereocenters. The zero-order chi connectivity index (χ0) is 12.5. The molecule has 0 atom stereocenters. The molecular weight excluding hydrogens is 214 g/mol. The molecule has 0 amide bonds. The zero-order valence-corrected chi connectivity index (χ0v) is 10.8. The van der Waals surface area contributed by atoms with E-state index in [0.29, 0.717) is 12.6 Å². The van der Waals surface area contributed by atoms with Crippen LogP contribution in [-0.2, 0) is 6.54 Å². The van der Waals surface area contributed by atoms with Gasteiger partial charge in [-0.3, -0.25) is 0 Å². The highest BCUT2D eigenvalue weighted by Crippen LogP contribution is 2.36. The Labute approximate surface area is 103 Å². The van der Waals surface area contributed by atoms with Gasteiger partial charge in [0.15, 0.2) is 11.5 Å². The first kappa shape index (κ1) is 12.2. The maximum absolute atomic E-state index is 5.90. The topological polar surface area (TPSA) is 44.5 Å². The largest absolute Gasteiger partial charge is 0.487 e. The molecule has 0 aromatic heterocycles. The summed E-state index contributed by atoms with van der Waals surface area (Å²) in [6.07, 6.45) is 2.65. The van der Waals surface area contributed by atoms with Crippen molar-refractivity contribution in [3.05, 3.63) is 23.8 Å². The molecule has 0 aliphatic heterocycles. The van der Waals surface area contributed by atoms with Crippen molar-refractivity contribution in [2.75, 3.05) is 0 Å². The van der Waals surface area contributed by atoms with Gasteiger partial charge in [-0.05, 0) is 51.3 Å². The summed E-state index contributed by atoms with van der Waals surface area (Å²) in [5.41, 5.74) is 6.50. The van der Waals surface area contributed by atoms with Gasteiger partial charge in [0, 0.05) is 6.54 Å². The summed E-state index contributed by atoms with van der Waals surface area (Å²) in [4.78, 5) is 0. The van der Waals surface area contributed by atoms with Crippen LogP contribution in [0.2, 0.25) is 0 Å². The van der Waals surface area contributed by atoms with Crippen LogP contribution < -0.4 is 15.2 Å². The predicted molar refractivity (Wildman–Crippen MR) is 68.4 cm³/mol. The summed E-state index contributed by atoms with van der Waals surface area (Å²) in [5, 5.41) is 0. The summed E-state index contributed by atoms with van der Waals surface area (Å²) in [6.45, 7) is 6.62. The van der Waals surface area contributed by atoms with Gasteiger partial charge in [0.2, 0.25) is 0 Å². The van der Waals surface area contributed by atoms with E-state index in [1.807, 2.05) is 39.0 Å². The summed E-state index contributed by atoms with van der Waals surface area (Å²) >= 11 is 0. The minimum Gasteiger partial charge on any atom is -0.487 e. The van der Waals surface area contributed by atoms with Crippen LogP contribution in [0, 0.1) is 0 Å². The first-order chi connectivity index (χ1) is 7.98. The zero-order valence-electron chi connectivity index (χ0n) is 10.8. The van der Waals surface area contributed by atoms with Gasteiger partial charge in [0.1, 0.15) is 5.60 Å². The van der Waals surface area contributed by atoms with Crippen LogP contribution in [0.4, 0.5) is 0 Å². The first-order valence-corrected chi connectivity index (χ1v) is 6.16. The van der Waals surface area contributed by atoms with Gasteiger partial charge in [0.25, 0.3) is 0 Å². The Kier molecular flexibility index (Phi) is 3.29. The Bertz CT molecular complexity index is 392. The first-order valence-electron chi connectivity index (χ1n) is 6.16. The summed E-state index contributed by atoms with van der Waals surface area (Å²) < 4.78 is 11.8. The Balaban J connectivity index is 2.22. The Hall–Kier alpha value is -1.22. The fourth-order valence-corrected chi connectivity index (χ4v) is 1.55. The molecule has 1 aliphatic rings. The molecule has 94 valence electrons. The van der Waals surface area contributed by atoms with E-state index >= 15 is 0 Å². The van der Waals surface area contributed by atoms with Gasteiger partial charge < -0.3 is 15.2 Å². The number of nitrogens with two attached hydrogens (primary N) is 1. The van der Waals surface area contributed by atoms with Crippen molar-refractivity contribution < 1.29 is 9.47 Å². The molecule has 1 fully saturated rings. The average molecular weight is 235 g/mol. The lowest BCUT2D eigenvalue weighted by Crippen LogP contribution is -2.23. The van der Waals surface area contributed by atoms with Crippen molar-refractivity contribution in [1.29, 1.82) is 0 Å². The second-order valence-electron chi connectivity index (χ2n) is 5.52. The lowest BCUT2D eigenvalue weighted by Gasteiger charge is -2.23. The molecule has 3 heteroatoms. The molecule has 1 saturated carbocycles. The van der Waals surface area contributed by atoms with Gasteiger partial charge >= 0.3 is 0 Å². The molecule has 1 aliphatic carbocycles. The Morgan fingerprint density at radius 2 is 1.94 bits per heavy atom. The smallest absolute Gasteiger partial charge is 0.162 e. The van der Waals surface area contributed by atoms with Crippen LogP contribution in [0.3, 0.4) is 0 Å². The molecule has 0 heterocycles. The van der Waals surface area contributed by atoms with Crippen LogP contribution >= 0.6 is 0 Å². The molecule has 2 rings (SSSR count). The maximum atomic E-state index is 5.90. The highest BCUT2D eigenvalue weighted by molar-refractivity contribution is 5.43. The fourth-order valence-electron chi connectivity index (χ4n) is 1.55. The predicted octanol–water partition coefficient (Wildman–Crippen LogP) is 2.86. The summed E-state index contributed by atoms with van der Waals surface area (Å²) in [6, 6.07) is 5.92. The Morgan fingerprint density at radius 3 is 2.47 bits per heavy atom. The van der Waals surface area contributed by atoms with Gasteiger partial charge in [-0.15, -0.1) is 0 Å². The van der Waals surface area contributed by atoms with Gasteiger partial charge in [-0.1, -0.05) is 6.07 Å². The SMILES string of the molecule is CC(C)(C)Oc1ccc(CN)cc1OC1CC1. The van der Waals surface area contributed by atoms with Gasteiger partial charge in [-0.25, -0.2) is 0 Å². The summed E-state index contributed by atoms with van der Waals surface area (Å²) in [7, 11) is 0. The monoisotopic (exact) mass is 235 g/mol. The van der Waals surface area contributed by atoms with Crippen LogP contribution in [-0.4, -0.2) is 11.7 Å². The van der Waals surface area contributed by atoms with Crippen molar-refractivity contribution >= 4 is 0 Å². The lowest BCUT2D eigenvalue weighted by atomic mass is 10.1. The van der Waals surface area contributed by atoms with E-state index < -0.39 is 0 Å². The van der Waals surface area contributed by atoms with Crippen molar-refractivity contribution in [1.82, 2.24) is 0 Å². The number of rotatable bonds is 4. The highest BCUT2D eigenvalue weighted by Gasteiger charge is 2.26. The highest BCUT2D eigenvalue weighted by atomic mass is 16.5. The molecule has 1 aromatic rings. The van der Waals surface area contributed by atoms with E-state index in [4.69, 9.17) is 15.2 Å². The quantitative estimate of drug-likeness (QED) is 0.872. The minimum atomic E-state index is -0.216. The second kappa shape index (κ2) is 4.57. The number of hydrogen-bond donors (Lipinski definition) is 1. The van der Waals surface area contributed by atoms with Gasteiger partial charge in [0.05, 0.1) is 6.10 Å². The normalized spacial score (nSPS) is 15.8. The van der Waals surface area contributed by atoms with Crippen molar-refractivity contribution in [3.8, 4) is 11.5 Å². The average Bonchev–Trinajstić information content (AvgIpc) is 3.02. The van der Waals surface area contributed by atoms with Crippen LogP contribution in [0.25, 0.3) is 0 Å². The van der Waals surface area contributed by atoms with Gasteiger partial charge in [-0.2, -0.15) is 0 Å². The Morgan fingerprint density at radius 1 is 1.24 bits per heavy atom. The molecule has 0 spiro atoms. The lowest BCUT2D eigenvalue weighted by molar-refractivity contribution is 0.122. The number of ether oxygens (including phenoxy) is 2. The van der Waals surface area contributed by atoms with E-state index in [2.05, 4.69) is 0 Å². The molecule has 0 bridgehead atoms. The molecule has 2 N–H and O–H groups in total. The third kappa shape index (κ3) is 3.63. The van der Waals surface area contributed by atoms with Crippen LogP contribution in [0.1, 0.15) is 39.2 Å². The molecule has 0 saturated heterocycles. The van der Waals surface area contributed by atoms with E-state index in [0.717, 1.165) is 29.9 Å². The van der Waals surface area contributed by atoms with E-state index in [1.54, 1.807) is 0 Å². The fraction of sp³-hybridized carbons (Fsp3) is 0.571. The van der Waals surface area contributed by atoms with Crippen molar-refractivity contribution in [3.63, 3.8) is 0 Å². The van der Waals surface area contributed by atoms with E-state index in [1.165, 1.54) is 0 Å². The number of benzene rings is 1. The minimum absolute atomic E-state index is 0.216. The second-order valence-corrected chi connectivity index (χ2v) is 5.52. The maximum Gasteiger partial charge on any atom is 0.162 e.